The summed E-state index contributed by atoms with van der Waals surface area (Å²) in [4.78, 5) is 0. The highest BCUT2D eigenvalue weighted by Crippen LogP contribution is 2.40. The van der Waals surface area contributed by atoms with Crippen molar-refractivity contribution >= 4 is 0 Å². The Morgan fingerprint density at radius 1 is 1.42 bits per heavy atom. The van der Waals surface area contributed by atoms with Gasteiger partial charge in [-0.3, -0.25) is 0 Å². The third-order valence-electron chi connectivity index (χ3n) is 2.75. The summed E-state index contributed by atoms with van der Waals surface area (Å²) in [5.74, 6) is 0. The highest BCUT2D eigenvalue weighted by molar-refractivity contribution is 5.31. The molecule has 0 heterocycles. The Morgan fingerprint density at radius 3 is 2.33 bits per heavy atom. The molecule has 0 saturated carbocycles. The van der Waals surface area contributed by atoms with Gasteiger partial charge in [0, 0.05) is 0 Å². The van der Waals surface area contributed by atoms with Crippen molar-refractivity contribution in [1.29, 1.82) is 0 Å². The first kappa shape index (κ1) is 11.5. The van der Waals surface area contributed by atoms with Gasteiger partial charge in [0.1, 0.15) is 0 Å². The molecule has 0 atom stereocenters. The topological polar surface area (TPSA) is 0 Å². The van der Waals surface area contributed by atoms with Gasteiger partial charge in [-0.05, 0) is 37.2 Å². The van der Waals surface area contributed by atoms with Crippen LogP contribution in [0.2, 0.25) is 0 Å². The number of rotatable bonds is 1. The molecule has 0 aliphatic heterocycles. The van der Waals surface area contributed by atoms with Gasteiger partial charge in [0.15, 0.2) is 0 Å². The van der Waals surface area contributed by atoms with Gasteiger partial charge in [0.25, 0.3) is 0 Å². The third kappa shape index (κ3) is 2.00. The smallest absolute Gasteiger partial charge is 0.0104 e. The van der Waals surface area contributed by atoms with E-state index in [0.717, 1.165) is 0 Å². The molecule has 0 nitrogen and oxygen atoms in total. The maximum absolute atomic E-state index is 3.87. The Labute approximate surface area is 77.4 Å². The van der Waals surface area contributed by atoms with Gasteiger partial charge < -0.3 is 0 Å². The Hall–Kier alpha value is -0.520. The summed E-state index contributed by atoms with van der Waals surface area (Å²) >= 11 is 0. The predicted octanol–water partition coefficient (Wildman–Crippen LogP) is 4.34. The van der Waals surface area contributed by atoms with Crippen molar-refractivity contribution in [2.75, 3.05) is 0 Å². The van der Waals surface area contributed by atoms with Crippen LogP contribution in [0.15, 0.2) is 23.8 Å². The molecule has 0 N–H and O–H groups in total. The lowest BCUT2D eigenvalue weighted by Gasteiger charge is -2.32. The molecule has 1 aliphatic rings. The first-order chi connectivity index (χ1) is 5.08. The molecule has 1 rings (SSSR count). The van der Waals surface area contributed by atoms with Gasteiger partial charge in [-0.1, -0.05) is 39.5 Å². The highest BCUT2D eigenvalue weighted by Gasteiger charge is 2.25. The maximum atomic E-state index is 3.87. The average Bonchev–Trinajstić information content (AvgIpc) is 1.86. The Bertz CT molecular complexity index is 194. The third-order valence-corrected chi connectivity index (χ3v) is 2.75. The zero-order valence-corrected chi connectivity index (χ0v) is 7.91. The molecule has 1 aliphatic carbocycles. The zero-order valence-electron chi connectivity index (χ0n) is 7.91. The van der Waals surface area contributed by atoms with Crippen LogP contribution in [0.4, 0.5) is 0 Å². The lowest BCUT2D eigenvalue weighted by molar-refractivity contribution is 0.377. The first-order valence-corrected chi connectivity index (χ1v) is 4.40. The van der Waals surface area contributed by atoms with Crippen LogP contribution in [-0.4, -0.2) is 0 Å². The van der Waals surface area contributed by atoms with Crippen LogP contribution in [-0.2, 0) is 0 Å². The van der Waals surface area contributed by atoms with E-state index in [0.29, 0.717) is 5.41 Å². The summed E-state index contributed by atoms with van der Waals surface area (Å²) < 4.78 is 0. The fraction of sp³-hybridized carbons (Fsp3) is 0.667. The minimum atomic E-state index is 0. The summed E-state index contributed by atoms with van der Waals surface area (Å²) in [7, 11) is 0. The molecule has 0 aromatic heterocycles. The van der Waals surface area contributed by atoms with Gasteiger partial charge in [0.05, 0.1) is 0 Å². The largest absolute Gasteiger partial charge is 0.0988 e. The van der Waals surface area contributed by atoms with E-state index in [1.54, 1.807) is 0 Å². The van der Waals surface area contributed by atoms with Crippen LogP contribution in [0.5, 0.6) is 0 Å². The van der Waals surface area contributed by atoms with Gasteiger partial charge in [-0.25, -0.2) is 0 Å². The second-order valence-electron chi connectivity index (χ2n) is 4.14. The van der Waals surface area contributed by atoms with Gasteiger partial charge in [0.2, 0.25) is 0 Å². The predicted molar refractivity (Wildman–Crippen MR) is 57.3 cm³/mol. The summed E-state index contributed by atoms with van der Waals surface area (Å²) in [6, 6.07) is 0. The average molecular weight is 166 g/mol. The van der Waals surface area contributed by atoms with E-state index in [1.165, 1.54) is 30.4 Å². The Kier molecular flexibility index (Phi) is 3.76. The normalized spacial score (nSPS) is 21.6. The molecule has 0 amide bonds. The Morgan fingerprint density at radius 2 is 2.00 bits per heavy atom. The van der Waals surface area contributed by atoms with Crippen LogP contribution in [0, 0.1) is 5.41 Å². The van der Waals surface area contributed by atoms with E-state index in [1.807, 2.05) is 6.08 Å². The summed E-state index contributed by atoms with van der Waals surface area (Å²) in [6.07, 6.45) is 5.96. The summed E-state index contributed by atoms with van der Waals surface area (Å²) in [5, 5.41) is 0. The van der Waals surface area contributed by atoms with E-state index >= 15 is 0 Å². The molecule has 0 saturated heterocycles. The Balaban J connectivity index is 0.00000121. The van der Waals surface area contributed by atoms with Crippen LogP contribution in [0.3, 0.4) is 0 Å². The quantitative estimate of drug-likeness (QED) is 0.543. The van der Waals surface area contributed by atoms with Crippen LogP contribution in [0.1, 0.15) is 47.5 Å². The number of hydrogen-bond acceptors (Lipinski definition) is 0. The molecule has 12 heavy (non-hydrogen) atoms. The molecule has 0 heteroatoms. The number of allylic oxidation sites excluding steroid dienone is 3. The summed E-state index contributed by atoms with van der Waals surface area (Å²) in [5.41, 5.74) is 3.39. The van der Waals surface area contributed by atoms with E-state index < -0.39 is 0 Å². The molecule has 0 aromatic rings. The van der Waals surface area contributed by atoms with Crippen molar-refractivity contribution in [2.45, 2.75) is 47.5 Å². The first-order valence-electron chi connectivity index (χ1n) is 4.40. The van der Waals surface area contributed by atoms with Crippen LogP contribution >= 0.6 is 0 Å². The molecule has 70 valence electrons. The maximum Gasteiger partial charge on any atom is -0.0104 e. The van der Waals surface area contributed by atoms with E-state index in [2.05, 4.69) is 27.4 Å². The van der Waals surface area contributed by atoms with Gasteiger partial charge in [-0.2, -0.15) is 0 Å². The zero-order chi connectivity index (χ0) is 8.48. The van der Waals surface area contributed by atoms with E-state index in [9.17, 15) is 0 Å². The number of hydrogen-bond donors (Lipinski definition) is 0. The molecule has 0 bridgehead atoms. The van der Waals surface area contributed by atoms with Crippen LogP contribution < -0.4 is 0 Å². The van der Waals surface area contributed by atoms with Crippen molar-refractivity contribution < 1.29 is 0 Å². The monoisotopic (exact) mass is 166 g/mol. The molecular weight excluding hydrogens is 144 g/mol. The second kappa shape index (κ2) is 3.93. The SMILES string of the molecule is C.C=CC1=C(C)CCCC1(C)C. The highest BCUT2D eigenvalue weighted by atomic mass is 14.3. The summed E-state index contributed by atoms with van der Waals surface area (Å²) in [6.45, 7) is 10.7. The van der Waals surface area contributed by atoms with Crippen molar-refractivity contribution in [3.05, 3.63) is 23.8 Å². The van der Waals surface area contributed by atoms with Crippen molar-refractivity contribution in [3.8, 4) is 0 Å². The minimum absolute atomic E-state index is 0. The van der Waals surface area contributed by atoms with Gasteiger partial charge >= 0.3 is 0 Å². The lowest BCUT2D eigenvalue weighted by Crippen LogP contribution is -2.18. The molecule has 0 spiro atoms. The lowest BCUT2D eigenvalue weighted by atomic mass is 9.73. The van der Waals surface area contributed by atoms with Gasteiger partial charge in [-0.15, -0.1) is 0 Å². The van der Waals surface area contributed by atoms with Crippen molar-refractivity contribution in [1.82, 2.24) is 0 Å². The van der Waals surface area contributed by atoms with Crippen molar-refractivity contribution in [2.24, 2.45) is 5.41 Å². The fourth-order valence-electron chi connectivity index (χ4n) is 2.09. The molecule has 0 aromatic carbocycles. The van der Waals surface area contributed by atoms with Crippen LogP contribution in [0.25, 0.3) is 0 Å². The second-order valence-corrected chi connectivity index (χ2v) is 4.14. The molecule has 0 unspecified atom stereocenters. The molecule has 0 fully saturated rings. The van der Waals surface area contributed by atoms with E-state index in [4.69, 9.17) is 0 Å². The fourth-order valence-corrected chi connectivity index (χ4v) is 2.09. The standard InChI is InChI=1S/C11H18.CH4/c1-5-10-9(2)7-6-8-11(10,3)4;/h5H,1,6-8H2,2-4H3;1H4. The van der Waals surface area contributed by atoms with Crippen molar-refractivity contribution in [3.63, 3.8) is 0 Å². The van der Waals surface area contributed by atoms with E-state index in [-0.39, 0.29) is 7.43 Å². The molecule has 0 radical (unpaired) electrons. The minimum Gasteiger partial charge on any atom is -0.0988 e. The molecular formula is C12H22.